The lowest BCUT2D eigenvalue weighted by Gasteiger charge is -2.17. The van der Waals surface area contributed by atoms with Gasteiger partial charge in [0.15, 0.2) is 17.8 Å². The Labute approximate surface area is 201 Å². The van der Waals surface area contributed by atoms with E-state index in [4.69, 9.17) is 11.6 Å². The van der Waals surface area contributed by atoms with Crippen molar-refractivity contribution in [2.24, 2.45) is 5.92 Å². The summed E-state index contributed by atoms with van der Waals surface area (Å²) in [6.45, 7) is 1.48. The molecule has 4 rings (SSSR count). The molecule has 1 saturated carbocycles. The number of alkyl halides is 2. The van der Waals surface area contributed by atoms with Gasteiger partial charge in [0.1, 0.15) is 5.92 Å². The van der Waals surface area contributed by atoms with Crippen molar-refractivity contribution in [2.75, 3.05) is 0 Å². The van der Waals surface area contributed by atoms with Crippen LogP contribution in [-0.4, -0.2) is 11.6 Å². The fourth-order valence-corrected chi connectivity index (χ4v) is 4.35. The lowest BCUT2D eigenvalue weighted by molar-refractivity contribution is -0.614. The highest BCUT2D eigenvalue weighted by Crippen LogP contribution is 2.39. The second-order valence-electron chi connectivity index (χ2n) is 8.83. The summed E-state index contributed by atoms with van der Waals surface area (Å²) in [5.41, 5.74) is 1.94. The van der Waals surface area contributed by atoms with Crippen LogP contribution in [0.15, 0.2) is 60.8 Å². The molecule has 3 aromatic rings. The Morgan fingerprint density at radius 1 is 1.09 bits per heavy atom. The van der Waals surface area contributed by atoms with Crippen molar-refractivity contribution in [3.05, 3.63) is 93.4 Å². The molecule has 34 heavy (non-hydrogen) atoms. The van der Waals surface area contributed by atoms with Gasteiger partial charge in [-0.2, -0.15) is 4.73 Å². The molecule has 1 atom stereocenters. The van der Waals surface area contributed by atoms with Gasteiger partial charge in [0.2, 0.25) is 5.69 Å². The molecular weight excluding hydrogens is 460 g/mol. The number of hydrogen-bond acceptors (Lipinski definition) is 3. The average molecular weight is 484 g/mol. The van der Waals surface area contributed by atoms with Crippen molar-refractivity contribution in [1.82, 2.24) is 0 Å². The topological polar surface area (TPSA) is 61.1 Å². The molecule has 1 heterocycles. The summed E-state index contributed by atoms with van der Waals surface area (Å²) in [6.07, 6.45) is 1.28. The Kier molecular flexibility index (Phi) is 7.08. The molecule has 2 aromatic carbocycles. The van der Waals surface area contributed by atoms with Crippen LogP contribution in [0.4, 0.5) is 8.78 Å². The predicted octanol–water partition coefficient (Wildman–Crippen LogP) is 6.48. The van der Waals surface area contributed by atoms with Crippen LogP contribution in [0.5, 0.6) is 0 Å². The van der Waals surface area contributed by atoms with E-state index in [1.165, 1.54) is 31.3 Å². The fraction of sp³-hybridized carbons (Fsp3) is 0.296. The summed E-state index contributed by atoms with van der Waals surface area (Å²) in [5.74, 6) is -0.338. The van der Waals surface area contributed by atoms with Crippen LogP contribution >= 0.6 is 11.6 Å². The number of Topliss-reactive ketones (excluding diaryl/α,β-unsaturated/α-hetero) is 2. The van der Waals surface area contributed by atoms with Gasteiger partial charge in [-0.05, 0) is 48.6 Å². The smallest absolute Gasteiger partial charge is 0.264 e. The van der Waals surface area contributed by atoms with Crippen molar-refractivity contribution in [3.8, 4) is 11.1 Å². The maximum Gasteiger partial charge on any atom is 0.264 e. The Morgan fingerprint density at radius 2 is 1.79 bits per heavy atom. The van der Waals surface area contributed by atoms with Gasteiger partial charge in [-0.3, -0.25) is 9.59 Å². The van der Waals surface area contributed by atoms with E-state index in [-0.39, 0.29) is 29.1 Å². The lowest BCUT2D eigenvalue weighted by Crippen LogP contribution is -2.36. The third-order valence-corrected chi connectivity index (χ3v) is 6.49. The number of rotatable bonds is 9. The number of aromatic nitrogens is 1. The van der Waals surface area contributed by atoms with Crippen molar-refractivity contribution in [2.45, 2.75) is 45.0 Å². The number of benzene rings is 2. The first-order valence-corrected chi connectivity index (χ1v) is 11.5. The quantitative estimate of drug-likeness (QED) is 0.199. The predicted molar refractivity (Wildman–Crippen MR) is 126 cm³/mol. The van der Waals surface area contributed by atoms with E-state index in [2.05, 4.69) is 0 Å². The molecule has 1 aliphatic carbocycles. The molecule has 0 bridgehead atoms. The van der Waals surface area contributed by atoms with E-state index in [1.807, 2.05) is 0 Å². The summed E-state index contributed by atoms with van der Waals surface area (Å²) in [4.78, 5) is 24.7. The molecule has 7 heteroatoms. The highest BCUT2D eigenvalue weighted by Gasteiger charge is 2.34. The Hall–Kier alpha value is -3.12. The number of ketones is 2. The number of carbonyl (C=O) groups excluding carboxylic acids is 2. The van der Waals surface area contributed by atoms with Gasteiger partial charge in [0.25, 0.3) is 6.43 Å². The second kappa shape index (κ2) is 10.0. The molecule has 0 N–H and O–H groups in total. The van der Waals surface area contributed by atoms with Gasteiger partial charge in [0.05, 0.1) is 0 Å². The monoisotopic (exact) mass is 483 g/mol. The largest absolute Gasteiger partial charge is 0.618 e. The van der Waals surface area contributed by atoms with Gasteiger partial charge in [-0.25, -0.2) is 8.78 Å². The van der Waals surface area contributed by atoms with Crippen molar-refractivity contribution >= 4 is 23.2 Å². The molecule has 0 radical (unpaired) electrons. The van der Waals surface area contributed by atoms with Crippen molar-refractivity contribution < 1.29 is 23.1 Å². The minimum atomic E-state index is -2.72. The zero-order chi connectivity index (χ0) is 24.4. The number of carbonyl (C=O) groups is 2. The summed E-state index contributed by atoms with van der Waals surface area (Å²) in [5, 5.41) is 13.3. The molecule has 176 valence electrons. The van der Waals surface area contributed by atoms with E-state index in [0.717, 1.165) is 18.4 Å². The highest BCUT2D eigenvalue weighted by molar-refractivity contribution is 6.30. The molecule has 1 fully saturated rings. The maximum absolute atomic E-state index is 13.5. The summed E-state index contributed by atoms with van der Waals surface area (Å²) in [6, 6.07) is 14.1. The van der Waals surface area contributed by atoms with Crippen LogP contribution in [-0.2, 0) is 11.2 Å². The number of nitrogens with zero attached hydrogens (tertiary/aromatic N) is 1. The minimum Gasteiger partial charge on any atom is -0.618 e. The van der Waals surface area contributed by atoms with Crippen molar-refractivity contribution in [1.29, 1.82) is 0 Å². The standard InChI is InChI=1S/C27H24ClF2NO3/c1-16(32)19-6-4-18(5-7-19)13-26(33)24(12-17-2-3-17)25-11-8-20(15-31(25)34)23-14-21(28)9-10-22(23)27(29)30/h4-11,14-15,17,24,27H,2-3,12-13H2,1H3. The number of hydrogen-bond donors (Lipinski definition) is 0. The number of halogens is 3. The molecule has 0 amide bonds. The average Bonchev–Trinajstić information content (AvgIpc) is 3.62. The normalized spacial score (nSPS) is 14.3. The van der Waals surface area contributed by atoms with E-state index in [0.29, 0.717) is 38.9 Å². The zero-order valence-corrected chi connectivity index (χ0v) is 19.4. The molecule has 1 aromatic heterocycles. The number of pyridine rings is 1. The Bertz CT molecular complexity index is 1220. The maximum atomic E-state index is 13.5. The van der Waals surface area contributed by atoms with Gasteiger partial charge < -0.3 is 5.21 Å². The molecule has 1 aliphatic rings. The SMILES string of the molecule is CC(=O)c1ccc(CC(=O)C(CC2CC2)c2ccc(-c3cc(Cl)ccc3C(F)F)c[n+]2[O-])cc1. The van der Waals surface area contributed by atoms with Crippen LogP contribution in [0, 0.1) is 11.1 Å². The van der Waals surface area contributed by atoms with Crippen LogP contribution in [0.1, 0.15) is 65.7 Å². The van der Waals surface area contributed by atoms with Crippen LogP contribution in [0.2, 0.25) is 5.02 Å². The first-order valence-electron chi connectivity index (χ1n) is 11.2. The fourth-order valence-electron chi connectivity index (χ4n) is 4.18. The van der Waals surface area contributed by atoms with Crippen LogP contribution < -0.4 is 4.73 Å². The zero-order valence-electron chi connectivity index (χ0n) is 18.6. The summed E-state index contributed by atoms with van der Waals surface area (Å²) in [7, 11) is 0. The van der Waals surface area contributed by atoms with Crippen LogP contribution in [0.25, 0.3) is 11.1 Å². The van der Waals surface area contributed by atoms with E-state index >= 15 is 0 Å². The van der Waals surface area contributed by atoms with E-state index in [1.54, 1.807) is 36.4 Å². The summed E-state index contributed by atoms with van der Waals surface area (Å²) < 4.78 is 27.6. The minimum absolute atomic E-state index is 0.0494. The first kappa shape index (κ1) is 24.0. The molecular formula is C27H24ClF2NO3. The van der Waals surface area contributed by atoms with Gasteiger partial charge in [-0.1, -0.05) is 54.8 Å². The summed E-state index contributed by atoms with van der Waals surface area (Å²) >= 11 is 6.01. The van der Waals surface area contributed by atoms with Gasteiger partial charge in [0, 0.05) is 34.2 Å². The Morgan fingerprint density at radius 3 is 2.38 bits per heavy atom. The molecule has 0 saturated heterocycles. The third kappa shape index (κ3) is 5.50. The van der Waals surface area contributed by atoms with Crippen LogP contribution in [0.3, 0.4) is 0 Å². The van der Waals surface area contributed by atoms with Gasteiger partial charge >= 0.3 is 0 Å². The third-order valence-electron chi connectivity index (χ3n) is 6.26. The second-order valence-corrected chi connectivity index (χ2v) is 9.27. The van der Waals surface area contributed by atoms with E-state index in [9.17, 15) is 23.6 Å². The molecule has 4 nitrogen and oxygen atoms in total. The molecule has 1 unspecified atom stereocenters. The van der Waals surface area contributed by atoms with E-state index < -0.39 is 12.3 Å². The molecule has 0 aliphatic heterocycles. The van der Waals surface area contributed by atoms with Gasteiger partial charge in [-0.15, -0.1) is 0 Å². The highest BCUT2D eigenvalue weighted by atomic mass is 35.5. The first-order chi connectivity index (χ1) is 16.2. The van der Waals surface area contributed by atoms with Crippen molar-refractivity contribution in [3.63, 3.8) is 0 Å². The lowest BCUT2D eigenvalue weighted by atomic mass is 9.89. The Balaban J connectivity index is 1.62. The molecule has 0 spiro atoms.